The third kappa shape index (κ3) is 6.64. The SMILES string of the molecule is O=C(NCc1ccc(Br)cc1OC(F)(F)F)N1CCN(Cc2ccccc2)CC1. The Balaban J connectivity index is 1.50. The van der Waals surface area contributed by atoms with E-state index in [0.29, 0.717) is 17.6 Å². The summed E-state index contributed by atoms with van der Waals surface area (Å²) in [7, 11) is 0. The number of hydrogen-bond donors (Lipinski definition) is 1. The molecule has 1 aliphatic rings. The van der Waals surface area contributed by atoms with Crippen LogP contribution in [0.4, 0.5) is 18.0 Å². The standard InChI is InChI=1S/C20H21BrF3N3O2/c21-17-7-6-16(18(12-17)29-20(22,23)24)13-25-19(28)27-10-8-26(9-11-27)14-15-4-2-1-3-5-15/h1-7,12H,8-11,13-14H2,(H,25,28). The Labute approximate surface area is 175 Å². The number of ether oxygens (including phenoxy) is 1. The van der Waals surface area contributed by atoms with Crippen molar-refractivity contribution in [2.45, 2.75) is 19.5 Å². The molecule has 1 heterocycles. The molecule has 0 atom stereocenters. The van der Waals surface area contributed by atoms with Crippen LogP contribution in [0, 0.1) is 0 Å². The average Bonchev–Trinajstić information content (AvgIpc) is 2.67. The lowest BCUT2D eigenvalue weighted by molar-refractivity contribution is -0.274. The van der Waals surface area contributed by atoms with Crippen molar-refractivity contribution in [3.8, 4) is 5.75 Å². The van der Waals surface area contributed by atoms with Crippen molar-refractivity contribution in [3.05, 3.63) is 64.1 Å². The van der Waals surface area contributed by atoms with Crippen molar-refractivity contribution in [1.82, 2.24) is 15.1 Å². The number of carbonyl (C=O) groups excluding carboxylic acids is 1. The Kier molecular flexibility index (Phi) is 7.02. The highest BCUT2D eigenvalue weighted by molar-refractivity contribution is 9.10. The molecule has 2 aromatic rings. The molecule has 5 nitrogen and oxygen atoms in total. The molecule has 3 rings (SSSR count). The van der Waals surface area contributed by atoms with Crippen molar-refractivity contribution < 1.29 is 22.7 Å². The lowest BCUT2D eigenvalue weighted by atomic mass is 10.2. The molecule has 1 N–H and O–H groups in total. The van der Waals surface area contributed by atoms with E-state index in [0.717, 1.165) is 19.6 Å². The maximum Gasteiger partial charge on any atom is 0.573 e. The highest BCUT2D eigenvalue weighted by Crippen LogP contribution is 2.29. The number of piperazine rings is 1. The smallest absolute Gasteiger partial charge is 0.405 e. The maximum atomic E-state index is 12.6. The number of halogens is 4. The fraction of sp³-hybridized carbons (Fsp3) is 0.350. The van der Waals surface area contributed by atoms with E-state index in [-0.39, 0.29) is 23.9 Å². The summed E-state index contributed by atoms with van der Waals surface area (Å²) < 4.78 is 42.3. The third-order valence-electron chi connectivity index (χ3n) is 4.59. The number of nitrogens with zero attached hydrogens (tertiary/aromatic N) is 2. The predicted molar refractivity (Wildman–Crippen MR) is 106 cm³/mol. The zero-order valence-electron chi connectivity index (χ0n) is 15.6. The largest absolute Gasteiger partial charge is 0.573 e. The maximum absolute atomic E-state index is 12.6. The van der Waals surface area contributed by atoms with E-state index in [1.54, 1.807) is 11.0 Å². The molecule has 1 fully saturated rings. The molecule has 0 saturated carbocycles. The topological polar surface area (TPSA) is 44.8 Å². The molecule has 9 heteroatoms. The summed E-state index contributed by atoms with van der Waals surface area (Å²) in [6, 6.07) is 14.1. The lowest BCUT2D eigenvalue weighted by Crippen LogP contribution is -2.51. The van der Waals surface area contributed by atoms with Gasteiger partial charge in [0.15, 0.2) is 0 Å². The lowest BCUT2D eigenvalue weighted by Gasteiger charge is -2.34. The summed E-state index contributed by atoms with van der Waals surface area (Å²) in [6.07, 6.45) is -4.80. The van der Waals surface area contributed by atoms with Gasteiger partial charge in [-0.1, -0.05) is 52.3 Å². The molecule has 2 aromatic carbocycles. The Bertz CT molecular complexity index is 825. The first-order chi connectivity index (χ1) is 13.8. The van der Waals surface area contributed by atoms with Gasteiger partial charge in [-0.15, -0.1) is 13.2 Å². The fourth-order valence-corrected chi connectivity index (χ4v) is 3.47. The number of alkyl halides is 3. The number of rotatable bonds is 5. The zero-order chi connectivity index (χ0) is 20.9. The van der Waals surface area contributed by atoms with E-state index in [2.05, 4.69) is 43.0 Å². The van der Waals surface area contributed by atoms with Gasteiger partial charge in [0, 0.05) is 49.3 Å². The van der Waals surface area contributed by atoms with E-state index < -0.39 is 6.36 Å². The van der Waals surface area contributed by atoms with Crippen LogP contribution in [0.3, 0.4) is 0 Å². The molecule has 2 amide bonds. The van der Waals surface area contributed by atoms with Gasteiger partial charge in [-0.05, 0) is 17.7 Å². The van der Waals surface area contributed by atoms with Gasteiger partial charge < -0.3 is 15.0 Å². The molecule has 0 radical (unpaired) electrons. The van der Waals surface area contributed by atoms with Gasteiger partial charge in [-0.2, -0.15) is 0 Å². The minimum Gasteiger partial charge on any atom is -0.405 e. The zero-order valence-corrected chi connectivity index (χ0v) is 17.2. The van der Waals surface area contributed by atoms with Crippen LogP contribution in [0.2, 0.25) is 0 Å². The van der Waals surface area contributed by atoms with Gasteiger partial charge >= 0.3 is 12.4 Å². The first-order valence-electron chi connectivity index (χ1n) is 9.13. The molecule has 1 saturated heterocycles. The summed E-state index contributed by atoms with van der Waals surface area (Å²) in [5.41, 5.74) is 1.47. The highest BCUT2D eigenvalue weighted by atomic mass is 79.9. The van der Waals surface area contributed by atoms with Crippen molar-refractivity contribution in [3.63, 3.8) is 0 Å². The number of benzene rings is 2. The quantitative estimate of drug-likeness (QED) is 0.703. The normalized spacial score (nSPS) is 15.2. The van der Waals surface area contributed by atoms with Crippen LogP contribution >= 0.6 is 15.9 Å². The van der Waals surface area contributed by atoms with Crippen LogP contribution in [0.15, 0.2) is 53.0 Å². The van der Waals surface area contributed by atoms with E-state index in [4.69, 9.17) is 0 Å². The molecular weight excluding hydrogens is 451 g/mol. The van der Waals surface area contributed by atoms with Crippen LogP contribution in [-0.4, -0.2) is 48.4 Å². The number of amides is 2. The Hall–Kier alpha value is -2.26. The molecule has 156 valence electrons. The molecule has 0 spiro atoms. The highest BCUT2D eigenvalue weighted by Gasteiger charge is 2.32. The summed E-state index contributed by atoms with van der Waals surface area (Å²) in [5, 5.41) is 2.68. The molecule has 0 unspecified atom stereocenters. The molecule has 29 heavy (non-hydrogen) atoms. The van der Waals surface area contributed by atoms with Gasteiger partial charge in [0.1, 0.15) is 5.75 Å². The van der Waals surface area contributed by atoms with Gasteiger partial charge in [0.2, 0.25) is 0 Å². The van der Waals surface area contributed by atoms with E-state index >= 15 is 0 Å². The van der Waals surface area contributed by atoms with Gasteiger partial charge in [-0.3, -0.25) is 4.90 Å². The van der Waals surface area contributed by atoms with E-state index in [1.165, 1.54) is 17.7 Å². The second-order valence-electron chi connectivity index (χ2n) is 6.71. The fourth-order valence-electron chi connectivity index (χ4n) is 3.13. The Morgan fingerprint density at radius 3 is 2.41 bits per heavy atom. The van der Waals surface area contributed by atoms with Crippen LogP contribution in [0.25, 0.3) is 0 Å². The Morgan fingerprint density at radius 1 is 1.07 bits per heavy atom. The summed E-state index contributed by atoms with van der Waals surface area (Å²) in [6.45, 7) is 3.37. The van der Waals surface area contributed by atoms with Crippen molar-refractivity contribution >= 4 is 22.0 Å². The van der Waals surface area contributed by atoms with E-state index in [1.807, 2.05) is 18.2 Å². The molecule has 0 aromatic heterocycles. The van der Waals surface area contributed by atoms with Crippen molar-refractivity contribution in [2.75, 3.05) is 26.2 Å². The van der Waals surface area contributed by atoms with Crippen LogP contribution < -0.4 is 10.1 Å². The molecule has 0 aliphatic carbocycles. The van der Waals surface area contributed by atoms with Gasteiger partial charge in [-0.25, -0.2) is 4.79 Å². The van der Waals surface area contributed by atoms with Crippen molar-refractivity contribution in [2.24, 2.45) is 0 Å². The minimum atomic E-state index is -4.80. The number of urea groups is 1. The van der Waals surface area contributed by atoms with Crippen LogP contribution in [0.1, 0.15) is 11.1 Å². The van der Waals surface area contributed by atoms with Crippen LogP contribution in [-0.2, 0) is 13.1 Å². The number of hydrogen-bond acceptors (Lipinski definition) is 3. The number of carbonyl (C=O) groups is 1. The monoisotopic (exact) mass is 471 g/mol. The first kappa shape index (κ1) is 21.4. The summed E-state index contributed by atoms with van der Waals surface area (Å²) in [4.78, 5) is 16.4. The van der Waals surface area contributed by atoms with E-state index in [9.17, 15) is 18.0 Å². The van der Waals surface area contributed by atoms with Crippen LogP contribution in [0.5, 0.6) is 5.75 Å². The third-order valence-corrected chi connectivity index (χ3v) is 5.09. The van der Waals surface area contributed by atoms with Crippen molar-refractivity contribution in [1.29, 1.82) is 0 Å². The van der Waals surface area contributed by atoms with Gasteiger partial charge in [0.05, 0.1) is 0 Å². The number of nitrogens with one attached hydrogen (secondary N) is 1. The minimum absolute atomic E-state index is 0.0538. The average molecular weight is 472 g/mol. The van der Waals surface area contributed by atoms with Gasteiger partial charge in [0.25, 0.3) is 0 Å². The molecule has 1 aliphatic heterocycles. The Morgan fingerprint density at radius 2 is 1.76 bits per heavy atom. The summed E-state index contributed by atoms with van der Waals surface area (Å²) in [5.74, 6) is -0.333. The second-order valence-corrected chi connectivity index (χ2v) is 7.62. The predicted octanol–water partition coefficient (Wildman–Crippen LogP) is 4.38. The summed E-state index contributed by atoms with van der Waals surface area (Å²) >= 11 is 3.13. The first-order valence-corrected chi connectivity index (χ1v) is 9.93. The second kappa shape index (κ2) is 9.49. The molecule has 0 bridgehead atoms. The molecular formula is C20H21BrF3N3O2.